The summed E-state index contributed by atoms with van der Waals surface area (Å²) >= 11 is 5.75. The zero-order chi connectivity index (χ0) is 19.4. The molecule has 1 aliphatic heterocycles. The van der Waals surface area contributed by atoms with E-state index < -0.39 is 18.0 Å². The van der Waals surface area contributed by atoms with Crippen molar-refractivity contribution in [1.82, 2.24) is 4.98 Å². The first-order chi connectivity index (χ1) is 13.0. The minimum absolute atomic E-state index is 0.181. The van der Waals surface area contributed by atoms with E-state index in [4.69, 9.17) is 30.5 Å². The number of hydrogen-bond donors (Lipinski definition) is 1. The average molecular weight is 393 g/mol. The molecule has 1 aromatic carbocycles. The molecule has 2 aromatic rings. The number of pyridine rings is 1. The normalized spacial score (nSPS) is 13.4. The number of benzene rings is 1. The Labute approximate surface area is 160 Å². The molecule has 1 atom stereocenters. The zero-order valence-electron chi connectivity index (χ0n) is 14.7. The van der Waals surface area contributed by atoms with Crippen LogP contribution in [0.5, 0.6) is 17.2 Å². The van der Waals surface area contributed by atoms with Gasteiger partial charge in [-0.2, -0.15) is 0 Å². The Morgan fingerprint density at radius 1 is 1.26 bits per heavy atom. The molecule has 0 aliphatic carbocycles. The summed E-state index contributed by atoms with van der Waals surface area (Å²) < 4.78 is 21.4. The molecule has 1 N–H and O–H groups in total. The summed E-state index contributed by atoms with van der Waals surface area (Å²) in [7, 11) is 1.46. The van der Waals surface area contributed by atoms with E-state index in [9.17, 15) is 9.59 Å². The molecule has 0 radical (unpaired) electrons. The van der Waals surface area contributed by atoms with Gasteiger partial charge in [0.2, 0.25) is 5.75 Å². The molecule has 0 unspecified atom stereocenters. The summed E-state index contributed by atoms with van der Waals surface area (Å²) in [5.41, 5.74) is 0.181. The number of ether oxygens (including phenoxy) is 4. The van der Waals surface area contributed by atoms with Gasteiger partial charge >= 0.3 is 5.97 Å². The van der Waals surface area contributed by atoms with Gasteiger partial charge in [0.15, 0.2) is 17.6 Å². The van der Waals surface area contributed by atoms with E-state index in [0.29, 0.717) is 41.3 Å². The number of carbonyl (C=O) groups excluding carboxylic acids is 2. The van der Waals surface area contributed by atoms with Gasteiger partial charge in [-0.1, -0.05) is 11.6 Å². The summed E-state index contributed by atoms with van der Waals surface area (Å²) in [6, 6.07) is 6.09. The van der Waals surface area contributed by atoms with E-state index in [1.165, 1.54) is 32.4 Å². The van der Waals surface area contributed by atoms with Crippen LogP contribution < -0.4 is 19.5 Å². The van der Waals surface area contributed by atoms with Crippen molar-refractivity contribution in [2.45, 2.75) is 13.0 Å². The van der Waals surface area contributed by atoms with Crippen LogP contribution in [-0.2, 0) is 9.53 Å². The molecule has 9 heteroatoms. The number of nitrogens with one attached hydrogen (secondary N) is 1. The smallest absolute Gasteiger partial charge is 0.339 e. The van der Waals surface area contributed by atoms with Crippen LogP contribution in [0, 0.1) is 0 Å². The molecule has 0 saturated carbocycles. The summed E-state index contributed by atoms with van der Waals surface area (Å²) in [6.07, 6.45) is 0.351. The maximum Gasteiger partial charge on any atom is 0.339 e. The van der Waals surface area contributed by atoms with Gasteiger partial charge in [-0.3, -0.25) is 4.79 Å². The number of methoxy groups -OCH3 is 1. The molecule has 3 rings (SSSR count). The SMILES string of the molecule is COc1cc(C(=O)O[C@H](C)C(=O)Nc2ccc(Cl)cn2)cc2c1OCCO2. The Morgan fingerprint density at radius 2 is 2.04 bits per heavy atom. The summed E-state index contributed by atoms with van der Waals surface area (Å²) in [5.74, 6) is 0.240. The first-order valence-corrected chi connectivity index (χ1v) is 8.46. The third-order valence-electron chi connectivity index (χ3n) is 3.70. The van der Waals surface area contributed by atoms with Crippen LogP contribution in [0.15, 0.2) is 30.5 Å². The molecule has 0 fully saturated rings. The molecular formula is C18H17ClN2O6. The fourth-order valence-electron chi connectivity index (χ4n) is 2.35. The van der Waals surface area contributed by atoms with Gasteiger partial charge in [0.05, 0.1) is 17.7 Å². The van der Waals surface area contributed by atoms with E-state index >= 15 is 0 Å². The molecule has 142 valence electrons. The molecule has 0 spiro atoms. The van der Waals surface area contributed by atoms with Crippen LogP contribution in [-0.4, -0.2) is 43.3 Å². The van der Waals surface area contributed by atoms with Crippen molar-refractivity contribution in [3.05, 3.63) is 41.0 Å². The first-order valence-electron chi connectivity index (χ1n) is 8.09. The van der Waals surface area contributed by atoms with Crippen molar-refractivity contribution in [2.75, 3.05) is 25.6 Å². The van der Waals surface area contributed by atoms with Gasteiger partial charge < -0.3 is 24.3 Å². The first kappa shape index (κ1) is 18.8. The Morgan fingerprint density at radius 3 is 2.74 bits per heavy atom. The van der Waals surface area contributed by atoms with E-state index in [0.717, 1.165) is 0 Å². The van der Waals surface area contributed by atoms with Gasteiger partial charge in [-0.15, -0.1) is 0 Å². The average Bonchev–Trinajstić information content (AvgIpc) is 2.68. The van der Waals surface area contributed by atoms with Crippen LogP contribution in [0.4, 0.5) is 5.82 Å². The van der Waals surface area contributed by atoms with Crippen LogP contribution in [0.1, 0.15) is 17.3 Å². The predicted molar refractivity (Wildman–Crippen MR) is 96.7 cm³/mol. The minimum Gasteiger partial charge on any atom is -0.493 e. The van der Waals surface area contributed by atoms with Crippen molar-refractivity contribution in [3.8, 4) is 17.2 Å². The summed E-state index contributed by atoms with van der Waals surface area (Å²) in [4.78, 5) is 28.6. The number of carbonyl (C=O) groups is 2. The lowest BCUT2D eigenvalue weighted by Gasteiger charge is -2.21. The maximum atomic E-state index is 12.4. The number of esters is 1. The minimum atomic E-state index is -1.05. The Balaban J connectivity index is 1.69. The number of hydrogen-bond acceptors (Lipinski definition) is 7. The van der Waals surface area contributed by atoms with Gasteiger partial charge in [-0.05, 0) is 31.2 Å². The highest BCUT2D eigenvalue weighted by Crippen LogP contribution is 2.40. The molecule has 1 aromatic heterocycles. The van der Waals surface area contributed by atoms with Gasteiger partial charge in [0, 0.05) is 6.20 Å². The number of halogens is 1. The predicted octanol–water partition coefficient (Wildman–Crippen LogP) is 2.70. The van der Waals surface area contributed by atoms with Crippen molar-refractivity contribution < 1.29 is 28.5 Å². The molecule has 1 amide bonds. The van der Waals surface area contributed by atoms with Gasteiger partial charge in [-0.25, -0.2) is 9.78 Å². The maximum absolute atomic E-state index is 12.4. The quantitative estimate of drug-likeness (QED) is 0.781. The van der Waals surface area contributed by atoms with Crippen molar-refractivity contribution in [2.24, 2.45) is 0 Å². The summed E-state index contributed by atoms with van der Waals surface area (Å²) in [5, 5.41) is 2.99. The fraction of sp³-hybridized carbons (Fsp3) is 0.278. The third kappa shape index (κ3) is 4.40. The third-order valence-corrected chi connectivity index (χ3v) is 3.92. The lowest BCUT2D eigenvalue weighted by Crippen LogP contribution is -2.30. The Bertz CT molecular complexity index is 838. The van der Waals surface area contributed by atoms with Crippen molar-refractivity contribution >= 4 is 29.3 Å². The van der Waals surface area contributed by atoms with Crippen molar-refractivity contribution in [3.63, 3.8) is 0 Å². The van der Waals surface area contributed by atoms with Crippen LogP contribution in [0.2, 0.25) is 5.02 Å². The van der Waals surface area contributed by atoms with Gasteiger partial charge in [0.1, 0.15) is 19.0 Å². The molecule has 8 nitrogen and oxygen atoms in total. The number of amides is 1. The number of nitrogens with zero attached hydrogens (tertiary/aromatic N) is 1. The number of fused-ring (bicyclic) bond motifs is 1. The molecule has 1 aliphatic rings. The number of aromatic nitrogens is 1. The summed E-state index contributed by atoms with van der Waals surface area (Å²) in [6.45, 7) is 2.21. The van der Waals surface area contributed by atoms with Gasteiger partial charge in [0.25, 0.3) is 5.91 Å². The monoisotopic (exact) mass is 392 g/mol. The highest BCUT2D eigenvalue weighted by molar-refractivity contribution is 6.30. The largest absolute Gasteiger partial charge is 0.493 e. The molecule has 0 bridgehead atoms. The number of anilines is 1. The zero-order valence-corrected chi connectivity index (χ0v) is 15.4. The fourth-order valence-corrected chi connectivity index (χ4v) is 2.46. The van der Waals surface area contributed by atoms with Crippen LogP contribution >= 0.6 is 11.6 Å². The molecule has 0 saturated heterocycles. The Hall–Kier alpha value is -3.00. The molecule has 27 heavy (non-hydrogen) atoms. The number of rotatable bonds is 5. The second kappa shape index (κ2) is 8.13. The topological polar surface area (TPSA) is 96.0 Å². The second-order valence-electron chi connectivity index (χ2n) is 5.60. The van der Waals surface area contributed by atoms with E-state index in [2.05, 4.69) is 10.3 Å². The lowest BCUT2D eigenvalue weighted by atomic mass is 10.1. The standard InChI is InChI=1S/C18H17ClN2O6/c1-10(17(22)21-15-4-3-12(19)9-20-15)27-18(23)11-7-13(24-2)16-14(8-11)25-5-6-26-16/h3-4,7-10H,5-6H2,1-2H3,(H,20,21,22)/t10-/m1/s1. The molecular weight excluding hydrogens is 376 g/mol. The highest BCUT2D eigenvalue weighted by atomic mass is 35.5. The highest BCUT2D eigenvalue weighted by Gasteiger charge is 2.24. The van der Waals surface area contributed by atoms with Crippen molar-refractivity contribution in [1.29, 1.82) is 0 Å². The second-order valence-corrected chi connectivity index (χ2v) is 6.04. The Kier molecular flexibility index (Phi) is 5.66. The van der Waals surface area contributed by atoms with E-state index in [1.807, 2.05) is 0 Å². The lowest BCUT2D eigenvalue weighted by molar-refractivity contribution is -0.123. The molecule has 2 heterocycles. The van der Waals surface area contributed by atoms with E-state index in [1.54, 1.807) is 12.1 Å². The van der Waals surface area contributed by atoms with E-state index in [-0.39, 0.29) is 5.56 Å². The van der Waals surface area contributed by atoms with Crippen LogP contribution in [0.3, 0.4) is 0 Å². The van der Waals surface area contributed by atoms with Crippen LogP contribution in [0.25, 0.3) is 0 Å².